The van der Waals surface area contributed by atoms with Gasteiger partial charge < -0.3 is 24.1 Å². The number of hydrogen-bond acceptors (Lipinski definition) is 6. The fourth-order valence-electron chi connectivity index (χ4n) is 2.46. The van der Waals surface area contributed by atoms with Crippen molar-refractivity contribution in [1.29, 1.82) is 5.26 Å². The molecule has 1 saturated heterocycles. The fraction of sp³-hybridized carbons (Fsp3) is 0.438. The van der Waals surface area contributed by atoms with Crippen molar-refractivity contribution in [3.8, 4) is 6.07 Å². The van der Waals surface area contributed by atoms with Crippen molar-refractivity contribution < 1.29 is 24.1 Å². The molecule has 0 aromatic heterocycles. The van der Waals surface area contributed by atoms with Gasteiger partial charge >= 0.3 is 0 Å². The zero-order chi connectivity index (χ0) is 15.7. The summed E-state index contributed by atoms with van der Waals surface area (Å²) in [7, 11) is 0. The molecule has 3 atom stereocenters. The number of hydrogen-bond donors (Lipinski definition) is 1. The summed E-state index contributed by atoms with van der Waals surface area (Å²) < 4.78 is 22.6. The summed E-state index contributed by atoms with van der Waals surface area (Å²) in [6.07, 6.45) is -2.71. The van der Waals surface area contributed by atoms with Gasteiger partial charge in [-0.25, -0.2) is 0 Å². The fourth-order valence-corrected chi connectivity index (χ4v) is 2.46. The van der Waals surface area contributed by atoms with Gasteiger partial charge in [0.2, 0.25) is 12.4 Å². The first kappa shape index (κ1) is 14.9. The molecule has 0 radical (unpaired) electrons. The van der Waals surface area contributed by atoms with Crippen LogP contribution in [0.4, 0.5) is 0 Å². The van der Waals surface area contributed by atoms with Crippen LogP contribution in [0.2, 0.25) is 0 Å². The molecule has 2 heterocycles. The van der Waals surface area contributed by atoms with Crippen LogP contribution in [0.5, 0.6) is 0 Å². The number of rotatable bonds is 4. The van der Waals surface area contributed by atoms with Gasteiger partial charge in [0, 0.05) is 0 Å². The highest BCUT2D eigenvalue weighted by Crippen LogP contribution is 2.41. The van der Waals surface area contributed by atoms with Crippen LogP contribution < -0.4 is 0 Å². The molecule has 22 heavy (non-hydrogen) atoms. The van der Waals surface area contributed by atoms with E-state index in [0.29, 0.717) is 5.76 Å². The van der Waals surface area contributed by atoms with Crippen LogP contribution in [-0.2, 0) is 25.6 Å². The third kappa shape index (κ3) is 2.79. The number of aliphatic hydroxyl groups excluding tert-OH is 1. The largest absolute Gasteiger partial charge is 0.487 e. The lowest BCUT2D eigenvalue weighted by molar-refractivity contribution is -0.185. The number of ether oxygens (including phenoxy) is 4. The van der Waals surface area contributed by atoms with Crippen LogP contribution >= 0.6 is 0 Å². The molecule has 0 bridgehead atoms. The average Bonchev–Trinajstić information content (AvgIpc) is 2.97. The highest BCUT2D eigenvalue weighted by Gasteiger charge is 2.52. The Morgan fingerprint density at radius 3 is 2.73 bits per heavy atom. The Morgan fingerprint density at radius 1 is 1.32 bits per heavy atom. The number of nitriles is 1. The average molecular weight is 303 g/mol. The van der Waals surface area contributed by atoms with Gasteiger partial charge in [0.05, 0.1) is 0 Å². The Kier molecular flexibility index (Phi) is 3.79. The smallest absolute Gasteiger partial charge is 0.236 e. The van der Waals surface area contributed by atoms with E-state index in [4.69, 9.17) is 24.2 Å². The lowest BCUT2D eigenvalue weighted by Gasteiger charge is -2.20. The molecule has 6 heteroatoms. The predicted molar refractivity (Wildman–Crippen MR) is 74.8 cm³/mol. The minimum atomic E-state index is -1.41. The van der Waals surface area contributed by atoms with Gasteiger partial charge in [0.1, 0.15) is 12.7 Å². The molecule has 116 valence electrons. The second-order valence-electron chi connectivity index (χ2n) is 5.58. The molecule has 1 aromatic rings. The summed E-state index contributed by atoms with van der Waals surface area (Å²) in [5, 5.41) is 18.7. The quantitative estimate of drug-likeness (QED) is 0.854. The lowest BCUT2D eigenvalue weighted by atomic mass is 10.2. The molecule has 6 nitrogen and oxygen atoms in total. The molecule has 1 fully saturated rings. The van der Waals surface area contributed by atoms with Crippen LogP contribution in [0.3, 0.4) is 0 Å². The monoisotopic (exact) mass is 303 g/mol. The first-order valence-electron chi connectivity index (χ1n) is 7.01. The SMILES string of the molecule is CC1(C)OC2C(OCc3ccccc3)=C([C@H](O)C#N)O[C@@H]2O1. The molecule has 3 rings (SSSR count). The van der Waals surface area contributed by atoms with E-state index < -0.39 is 24.3 Å². The highest BCUT2D eigenvalue weighted by molar-refractivity contribution is 5.24. The molecule has 2 aliphatic rings. The maximum atomic E-state index is 9.78. The van der Waals surface area contributed by atoms with Gasteiger partial charge in [-0.3, -0.25) is 0 Å². The Labute approximate surface area is 128 Å². The number of nitrogens with zero attached hydrogens (tertiary/aromatic N) is 1. The van der Waals surface area contributed by atoms with Crippen molar-refractivity contribution in [2.24, 2.45) is 0 Å². The van der Waals surface area contributed by atoms with E-state index in [1.165, 1.54) is 0 Å². The van der Waals surface area contributed by atoms with Crippen LogP contribution in [0, 0.1) is 11.3 Å². The second-order valence-corrected chi connectivity index (χ2v) is 5.58. The molecule has 1 aromatic carbocycles. The van der Waals surface area contributed by atoms with Crippen LogP contribution in [0.15, 0.2) is 41.9 Å². The van der Waals surface area contributed by atoms with Crippen LogP contribution in [-0.4, -0.2) is 29.4 Å². The highest BCUT2D eigenvalue weighted by atomic mass is 16.8. The Morgan fingerprint density at radius 2 is 2.05 bits per heavy atom. The standard InChI is InChI=1S/C16H17NO5/c1-16(2)21-14-13(19-9-10-6-4-3-5-7-10)12(11(18)8-17)20-15(14)22-16/h3-7,11,14-15,18H,9H2,1-2H3/t11-,14?,15-/m1/s1. The van der Waals surface area contributed by atoms with E-state index >= 15 is 0 Å². The van der Waals surface area contributed by atoms with Gasteiger partial charge in [-0.1, -0.05) is 30.3 Å². The normalized spacial score (nSPS) is 27.0. The molecule has 0 aliphatic carbocycles. The topological polar surface area (TPSA) is 80.9 Å². The first-order chi connectivity index (χ1) is 10.5. The van der Waals surface area contributed by atoms with Gasteiger partial charge in [0.15, 0.2) is 23.4 Å². The van der Waals surface area contributed by atoms with Crippen LogP contribution in [0.25, 0.3) is 0 Å². The van der Waals surface area contributed by atoms with E-state index in [1.54, 1.807) is 19.9 Å². The van der Waals surface area contributed by atoms with E-state index in [1.807, 2.05) is 30.3 Å². The van der Waals surface area contributed by atoms with E-state index in [2.05, 4.69) is 0 Å². The number of benzene rings is 1. The first-order valence-corrected chi connectivity index (χ1v) is 7.01. The summed E-state index contributed by atoms with van der Waals surface area (Å²) >= 11 is 0. The van der Waals surface area contributed by atoms with Crippen molar-refractivity contribution in [2.45, 2.75) is 44.7 Å². The number of aliphatic hydroxyl groups is 1. The maximum Gasteiger partial charge on any atom is 0.236 e. The summed E-state index contributed by atoms with van der Waals surface area (Å²) in [6, 6.07) is 11.3. The third-order valence-electron chi connectivity index (χ3n) is 3.41. The van der Waals surface area contributed by atoms with Crippen molar-refractivity contribution in [1.82, 2.24) is 0 Å². The van der Waals surface area contributed by atoms with Gasteiger partial charge in [-0.15, -0.1) is 0 Å². The van der Waals surface area contributed by atoms with Gasteiger partial charge in [-0.05, 0) is 19.4 Å². The molecule has 0 spiro atoms. The van der Waals surface area contributed by atoms with Crippen molar-refractivity contribution >= 4 is 0 Å². The number of fused-ring (bicyclic) bond motifs is 1. The van der Waals surface area contributed by atoms with E-state index in [-0.39, 0.29) is 12.4 Å². The van der Waals surface area contributed by atoms with Crippen molar-refractivity contribution in [3.05, 3.63) is 47.4 Å². The minimum absolute atomic E-state index is 0.0592. The maximum absolute atomic E-state index is 9.78. The summed E-state index contributed by atoms with van der Waals surface area (Å²) in [4.78, 5) is 0. The van der Waals surface area contributed by atoms with Crippen molar-refractivity contribution in [2.75, 3.05) is 0 Å². The summed E-state index contributed by atoms with van der Waals surface area (Å²) in [5.41, 5.74) is 0.961. The second kappa shape index (κ2) is 5.61. The lowest BCUT2D eigenvalue weighted by Crippen LogP contribution is -2.24. The Bertz CT molecular complexity index is 619. The van der Waals surface area contributed by atoms with Gasteiger partial charge in [-0.2, -0.15) is 5.26 Å². The van der Waals surface area contributed by atoms with Crippen LogP contribution in [0.1, 0.15) is 19.4 Å². The van der Waals surface area contributed by atoms with E-state index in [9.17, 15) is 5.11 Å². The van der Waals surface area contributed by atoms with Gasteiger partial charge in [0.25, 0.3) is 0 Å². The molecular weight excluding hydrogens is 286 g/mol. The molecule has 0 amide bonds. The summed E-state index contributed by atoms with van der Waals surface area (Å²) in [5.74, 6) is -0.433. The van der Waals surface area contributed by atoms with E-state index in [0.717, 1.165) is 5.56 Å². The molecule has 1 unspecified atom stereocenters. The predicted octanol–water partition coefficient (Wildman–Crippen LogP) is 1.81. The molecule has 0 saturated carbocycles. The molecular formula is C16H17NO5. The summed E-state index contributed by atoms with van der Waals surface area (Å²) in [6.45, 7) is 3.82. The zero-order valence-corrected chi connectivity index (χ0v) is 12.4. The minimum Gasteiger partial charge on any atom is -0.487 e. The third-order valence-corrected chi connectivity index (χ3v) is 3.41. The Balaban J connectivity index is 1.81. The molecule has 1 N–H and O–H groups in total. The van der Waals surface area contributed by atoms with Crippen molar-refractivity contribution in [3.63, 3.8) is 0 Å². The zero-order valence-electron chi connectivity index (χ0n) is 12.4. The Hall–Kier alpha value is -2.07. The molecule has 2 aliphatic heterocycles.